The van der Waals surface area contributed by atoms with Crippen LogP contribution >= 0.6 is 0 Å². The number of H-pyrrole nitrogens is 1. The minimum atomic E-state index is 0.00967. The molecule has 1 aliphatic carbocycles. The molecule has 4 heterocycles. The van der Waals surface area contributed by atoms with E-state index < -0.39 is 0 Å². The van der Waals surface area contributed by atoms with E-state index in [0.717, 1.165) is 60.8 Å². The predicted molar refractivity (Wildman–Crippen MR) is 110 cm³/mol. The number of fused-ring (bicyclic) bond motifs is 2. The summed E-state index contributed by atoms with van der Waals surface area (Å²) in [5, 5.41) is 5.51. The van der Waals surface area contributed by atoms with E-state index in [2.05, 4.69) is 15.1 Å². The van der Waals surface area contributed by atoms with Crippen molar-refractivity contribution in [2.75, 3.05) is 13.1 Å². The second-order valence-electron chi connectivity index (χ2n) is 8.18. The minimum Gasteiger partial charge on any atom is -0.345 e. The van der Waals surface area contributed by atoms with Gasteiger partial charge in [0.2, 0.25) is 0 Å². The Balaban J connectivity index is 1.25. The first-order valence-corrected chi connectivity index (χ1v) is 10.5. The number of aromatic amines is 1. The van der Waals surface area contributed by atoms with E-state index in [0.29, 0.717) is 31.1 Å². The molecule has 0 atom stereocenters. The van der Waals surface area contributed by atoms with Crippen LogP contribution in [0.1, 0.15) is 47.3 Å². The highest BCUT2D eigenvalue weighted by Crippen LogP contribution is 2.24. The quantitative estimate of drug-likeness (QED) is 0.744. The lowest BCUT2D eigenvalue weighted by molar-refractivity contribution is 0.0682. The van der Waals surface area contributed by atoms with Crippen molar-refractivity contribution in [3.8, 4) is 0 Å². The standard InChI is InChI=1S/C22H25N5O2/c28-20-12-16-4-1-2-6-19(16)25-27(20)14-15-7-10-26(11-8-15)22(29)18-13-24-21-17(18)5-3-9-23-21/h3,5,9,12-13,15H,1-2,4,6-8,10-11,14H2,(H,23,24). The van der Waals surface area contributed by atoms with Crippen LogP contribution in [0.15, 0.2) is 35.4 Å². The van der Waals surface area contributed by atoms with E-state index in [1.807, 2.05) is 17.0 Å². The number of pyridine rings is 1. The minimum absolute atomic E-state index is 0.00967. The van der Waals surface area contributed by atoms with Crippen LogP contribution in [0, 0.1) is 5.92 Å². The molecule has 1 fully saturated rings. The Morgan fingerprint density at radius 2 is 2.03 bits per heavy atom. The van der Waals surface area contributed by atoms with Crippen molar-refractivity contribution in [2.45, 2.75) is 45.1 Å². The molecule has 0 radical (unpaired) electrons. The highest BCUT2D eigenvalue weighted by Gasteiger charge is 2.26. The van der Waals surface area contributed by atoms with Gasteiger partial charge in [0.25, 0.3) is 11.5 Å². The zero-order chi connectivity index (χ0) is 19.8. The molecule has 150 valence electrons. The molecule has 0 spiro atoms. The van der Waals surface area contributed by atoms with Crippen LogP contribution in [-0.4, -0.2) is 43.6 Å². The lowest BCUT2D eigenvalue weighted by Crippen LogP contribution is -2.40. The SMILES string of the molecule is O=C(c1c[nH]c2ncccc12)N1CCC(Cn2nc3c(cc2=O)CCCC3)CC1. The number of aromatic nitrogens is 4. The Morgan fingerprint density at radius 1 is 1.21 bits per heavy atom. The van der Waals surface area contributed by atoms with Gasteiger partial charge in [-0.1, -0.05) is 0 Å². The number of nitrogens with zero attached hydrogens (tertiary/aromatic N) is 4. The van der Waals surface area contributed by atoms with Crippen LogP contribution in [-0.2, 0) is 19.4 Å². The molecule has 1 amide bonds. The molecule has 7 heteroatoms. The second kappa shape index (κ2) is 7.46. The summed E-state index contributed by atoms with van der Waals surface area (Å²) < 4.78 is 1.65. The van der Waals surface area contributed by atoms with Gasteiger partial charge in [0, 0.05) is 43.5 Å². The van der Waals surface area contributed by atoms with E-state index in [9.17, 15) is 9.59 Å². The van der Waals surface area contributed by atoms with Gasteiger partial charge in [-0.2, -0.15) is 5.10 Å². The van der Waals surface area contributed by atoms with Crippen molar-refractivity contribution < 1.29 is 4.79 Å². The summed E-state index contributed by atoms with van der Waals surface area (Å²) in [4.78, 5) is 34.7. The molecule has 0 unspecified atom stereocenters. The summed E-state index contributed by atoms with van der Waals surface area (Å²) >= 11 is 0. The number of rotatable bonds is 3. The largest absolute Gasteiger partial charge is 0.345 e. The van der Waals surface area contributed by atoms with E-state index in [1.165, 1.54) is 0 Å². The van der Waals surface area contributed by atoms with Gasteiger partial charge in [-0.05, 0) is 62.1 Å². The van der Waals surface area contributed by atoms with Gasteiger partial charge in [0.1, 0.15) is 5.65 Å². The molecule has 2 aliphatic rings. The van der Waals surface area contributed by atoms with Gasteiger partial charge < -0.3 is 9.88 Å². The maximum Gasteiger partial charge on any atom is 0.267 e. The Kier molecular flexibility index (Phi) is 4.66. The maximum atomic E-state index is 13.0. The molecule has 0 saturated carbocycles. The normalized spacial score (nSPS) is 17.4. The monoisotopic (exact) mass is 391 g/mol. The van der Waals surface area contributed by atoms with E-state index in [4.69, 9.17) is 0 Å². The van der Waals surface area contributed by atoms with Crippen LogP contribution in [0.25, 0.3) is 11.0 Å². The van der Waals surface area contributed by atoms with Gasteiger partial charge in [0.15, 0.2) is 0 Å². The first-order valence-electron chi connectivity index (χ1n) is 10.5. The molecule has 1 N–H and O–H groups in total. The van der Waals surface area contributed by atoms with Gasteiger partial charge in [-0.15, -0.1) is 0 Å². The number of amides is 1. The molecule has 5 rings (SSSR count). The fraction of sp³-hybridized carbons (Fsp3) is 0.455. The summed E-state index contributed by atoms with van der Waals surface area (Å²) in [5.74, 6) is 0.419. The summed E-state index contributed by atoms with van der Waals surface area (Å²) in [6.07, 6.45) is 9.50. The molecule has 29 heavy (non-hydrogen) atoms. The molecule has 7 nitrogen and oxygen atoms in total. The molecule has 3 aromatic rings. The lowest BCUT2D eigenvalue weighted by atomic mass is 9.95. The first kappa shape index (κ1) is 18.1. The lowest BCUT2D eigenvalue weighted by Gasteiger charge is -2.32. The summed E-state index contributed by atoms with van der Waals surface area (Å²) in [6.45, 7) is 2.05. The maximum absolute atomic E-state index is 13.0. The molecule has 1 saturated heterocycles. The molecule has 3 aromatic heterocycles. The number of carbonyl (C=O) groups excluding carboxylic acids is 1. The summed E-state index contributed by atoms with van der Waals surface area (Å²) in [6, 6.07) is 5.56. The number of piperidine rings is 1. The number of carbonyl (C=O) groups is 1. The van der Waals surface area contributed by atoms with Crippen molar-refractivity contribution in [3.63, 3.8) is 0 Å². The van der Waals surface area contributed by atoms with E-state index in [1.54, 1.807) is 23.1 Å². The number of likely N-dealkylation sites (tertiary alicyclic amines) is 1. The van der Waals surface area contributed by atoms with Crippen molar-refractivity contribution in [2.24, 2.45) is 5.92 Å². The van der Waals surface area contributed by atoms with Gasteiger partial charge in [-0.25, -0.2) is 9.67 Å². The number of aryl methyl sites for hydroxylation is 2. The molecule has 1 aliphatic heterocycles. The molecular weight excluding hydrogens is 366 g/mol. The fourth-order valence-electron chi connectivity index (χ4n) is 4.60. The first-order chi connectivity index (χ1) is 14.2. The Hall–Kier alpha value is -2.96. The topological polar surface area (TPSA) is 83.9 Å². The van der Waals surface area contributed by atoms with Crippen molar-refractivity contribution in [3.05, 3.63) is 57.8 Å². The van der Waals surface area contributed by atoms with E-state index >= 15 is 0 Å². The van der Waals surface area contributed by atoms with E-state index in [-0.39, 0.29) is 11.5 Å². The van der Waals surface area contributed by atoms with Crippen LogP contribution in [0.3, 0.4) is 0 Å². The molecule has 0 aromatic carbocycles. The van der Waals surface area contributed by atoms with Crippen LogP contribution < -0.4 is 5.56 Å². The predicted octanol–water partition coefficient (Wildman–Crippen LogP) is 2.55. The zero-order valence-corrected chi connectivity index (χ0v) is 16.4. The molecule has 0 bridgehead atoms. The highest BCUT2D eigenvalue weighted by atomic mass is 16.2. The van der Waals surface area contributed by atoms with Crippen LogP contribution in [0.4, 0.5) is 0 Å². The van der Waals surface area contributed by atoms with Gasteiger partial charge >= 0.3 is 0 Å². The Labute approximate surface area is 168 Å². The average molecular weight is 391 g/mol. The number of nitrogens with one attached hydrogen (secondary N) is 1. The third-order valence-corrected chi connectivity index (χ3v) is 6.29. The van der Waals surface area contributed by atoms with Crippen LogP contribution in [0.2, 0.25) is 0 Å². The van der Waals surface area contributed by atoms with Crippen LogP contribution in [0.5, 0.6) is 0 Å². The second-order valence-corrected chi connectivity index (χ2v) is 8.18. The Morgan fingerprint density at radius 3 is 2.90 bits per heavy atom. The van der Waals surface area contributed by atoms with Gasteiger partial charge in [-0.3, -0.25) is 9.59 Å². The van der Waals surface area contributed by atoms with Gasteiger partial charge in [0.05, 0.1) is 11.3 Å². The fourth-order valence-corrected chi connectivity index (χ4v) is 4.60. The van der Waals surface area contributed by atoms with Crippen molar-refractivity contribution in [1.29, 1.82) is 0 Å². The third kappa shape index (κ3) is 3.45. The number of hydrogen-bond donors (Lipinski definition) is 1. The highest BCUT2D eigenvalue weighted by molar-refractivity contribution is 6.05. The zero-order valence-electron chi connectivity index (χ0n) is 16.4. The van der Waals surface area contributed by atoms with Crippen molar-refractivity contribution >= 4 is 16.9 Å². The van der Waals surface area contributed by atoms with Crippen molar-refractivity contribution in [1.82, 2.24) is 24.6 Å². The summed E-state index contributed by atoms with van der Waals surface area (Å²) in [7, 11) is 0. The third-order valence-electron chi connectivity index (χ3n) is 6.29. The Bertz CT molecular complexity index is 1110. The molecular formula is C22H25N5O2. The smallest absolute Gasteiger partial charge is 0.267 e. The number of hydrogen-bond acceptors (Lipinski definition) is 4. The average Bonchev–Trinajstić information content (AvgIpc) is 3.18. The summed E-state index contributed by atoms with van der Waals surface area (Å²) in [5.41, 5.74) is 3.65.